The van der Waals surface area contributed by atoms with E-state index < -0.39 is 28.8 Å². The summed E-state index contributed by atoms with van der Waals surface area (Å²) in [7, 11) is 3.06. The largest absolute Gasteiger partial charge is 0.493 e. The Balaban J connectivity index is 1.75. The molecular weight excluding hydrogens is 492 g/mol. The fourth-order valence-corrected chi connectivity index (χ4v) is 6.72. The first kappa shape index (κ1) is 25.0. The Morgan fingerprint density at radius 1 is 0.846 bits per heavy atom. The van der Waals surface area contributed by atoms with Gasteiger partial charge in [0.25, 0.3) is 0 Å². The number of carbonyl (C=O) groups excluding carboxylic acids is 3. The molecule has 3 atom stereocenters. The van der Waals surface area contributed by atoms with Gasteiger partial charge in [0.1, 0.15) is 11.5 Å². The summed E-state index contributed by atoms with van der Waals surface area (Å²) in [5.41, 5.74) is 0.470. The molecule has 3 aromatic carbocycles. The van der Waals surface area contributed by atoms with E-state index in [4.69, 9.17) is 14.6 Å². The van der Waals surface area contributed by atoms with E-state index >= 15 is 0 Å². The lowest BCUT2D eigenvalue weighted by Crippen LogP contribution is -2.45. The van der Waals surface area contributed by atoms with Crippen LogP contribution in [-0.4, -0.2) is 48.8 Å². The third kappa shape index (κ3) is 3.22. The fourth-order valence-electron chi connectivity index (χ4n) is 6.72. The van der Waals surface area contributed by atoms with Gasteiger partial charge in [-0.3, -0.25) is 19.4 Å². The molecule has 198 valence electrons. The molecule has 39 heavy (non-hydrogen) atoms. The molecule has 0 N–H and O–H groups in total. The number of benzene rings is 3. The van der Waals surface area contributed by atoms with Crippen LogP contribution in [0.1, 0.15) is 70.1 Å². The smallest absolute Gasteiger partial charge is 0.180 e. The third-order valence-corrected chi connectivity index (χ3v) is 8.35. The Morgan fingerprint density at radius 2 is 1.46 bits per heavy atom. The summed E-state index contributed by atoms with van der Waals surface area (Å²) in [5, 5.41) is 6.49. The molecule has 3 aromatic rings. The second kappa shape index (κ2) is 8.63. The highest BCUT2D eigenvalue weighted by Crippen LogP contribution is 2.66. The Hall–Kier alpha value is -4.26. The van der Waals surface area contributed by atoms with Crippen LogP contribution in [0.5, 0.6) is 11.5 Å². The van der Waals surface area contributed by atoms with Crippen LogP contribution in [-0.2, 0) is 4.79 Å². The van der Waals surface area contributed by atoms with E-state index in [1.165, 1.54) is 14.2 Å². The van der Waals surface area contributed by atoms with Crippen LogP contribution in [0, 0.1) is 10.8 Å². The van der Waals surface area contributed by atoms with E-state index in [2.05, 4.69) is 0 Å². The molecule has 0 aromatic heterocycles. The standard InChI is InChI=1S/C32H30N2O5/c1-31(2,3)30(37)25-24(22-15-10-16-23(38-4)26(22)39-5)32(28(35)20-13-8-9-14-21(20)29(32)36)27-19-12-7-6-11-18(19)17-33-34(25)27/h6-17,24-25,27H,1-5H3. The minimum atomic E-state index is -1.65. The molecule has 3 aliphatic rings. The molecule has 1 saturated heterocycles. The first-order valence-electron chi connectivity index (χ1n) is 13.0. The maximum atomic E-state index is 14.8. The lowest BCUT2D eigenvalue weighted by atomic mass is 9.62. The monoisotopic (exact) mass is 522 g/mol. The van der Waals surface area contributed by atoms with E-state index in [1.54, 1.807) is 47.6 Å². The number of hydrogen-bond acceptors (Lipinski definition) is 7. The lowest BCUT2D eigenvalue weighted by Gasteiger charge is -2.36. The van der Waals surface area contributed by atoms with E-state index in [0.717, 1.165) is 11.1 Å². The van der Waals surface area contributed by atoms with Crippen molar-refractivity contribution in [3.63, 3.8) is 0 Å². The zero-order valence-electron chi connectivity index (χ0n) is 22.6. The second-order valence-electron chi connectivity index (χ2n) is 11.3. The molecule has 3 unspecified atom stereocenters. The van der Waals surface area contributed by atoms with Gasteiger partial charge in [-0.05, 0) is 17.2 Å². The first-order chi connectivity index (χ1) is 18.7. The Labute approximate surface area is 227 Å². The SMILES string of the molecule is COc1cccc(C2C(C(=O)C(C)(C)C)N3N=Cc4ccccc4C3C23C(=O)c2ccccc2C3=O)c1OC. The first-order valence-corrected chi connectivity index (χ1v) is 13.0. The molecule has 6 rings (SSSR count). The van der Waals surface area contributed by atoms with Crippen molar-refractivity contribution < 1.29 is 23.9 Å². The van der Waals surface area contributed by atoms with Gasteiger partial charge >= 0.3 is 0 Å². The van der Waals surface area contributed by atoms with Gasteiger partial charge < -0.3 is 9.47 Å². The van der Waals surface area contributed by atoms with Crippen molar-refractivity contribution in [1.82, 2.24) is 5.01 Å². The fraction of sp³-hybridized carbons (Fsp3) is 0.312. The summed E-state index contributed by atoms with van der Waals surface area (Å²) >= 11 is 0. The van der Waals surface area contributed by atoms with Gasteiger partial charge in [-0.15, -0.1) is 0 Å². The third-order valence-electron chi connectivity index (χ3n) is 8.35. The van der Waals surface area contributed by atoms with Gasteiger partial charge in [0, 0.05) is 28.0 Å². The maximum Gasteiger partial charge on any atom is 0.180 e. The van der Waals surface area contributed by atoms with E-state index in [0.29, 0.717) is 28.2 Å². The van der Waals surface area contributed by atoms with Gasteiger partial charge in [0.15, 0.2) is 28.8 Å². The van der Waals surface area contributed by atoms with Gasteiger partial charge in [-0.1, -0.05) is 81.4 Å². The minimum absolute atomic E-state index is 0.118. The predicted molar refractivity (Wildman–Crippen MR) is 147 cm³/mol. The Bertz CT molecular complexity index is 1530. The quantitative estimate of drug-likeness (QED) is 0.436. The van der Waals surface area contributed by atoms with Gasteiger partial charge in [-0.25, -0.2) is 0 Å². The van der Waals surface area contributed by atoms with E-state index in [1.807, 2.05) is 51.1 Å². The van der Waals surface area contributed by atoms with Crippen molar-refractivity contribution in [2.24, 2.45) is 15.9 Å². The molecule has 7 nitrogen and oxygen atoms in total. The van der Waals surface area contributed by atoms with Crippen LogP contribution < -0.4 is 9.47 Å². The van der Waals surface area contributed by atoms with Crippen molar-refractivity contribution in [3.8, 4) is 11.5 Å². The summed E-state index contributed by atoms with van der Waals surface area (Å²) in [6, 6.07) is 18.2. The number of nitrogens with zero attached hydrogens (tertiary/aromatic N) is 2. The number of hydrazone groups is 1. The molecule has 0 saturated carbocycles. The second-order valence-corrected chi connectivity index (χ2v) is 11.3. The predicted octanol–water partition coefficient (Wildman–Crippen LogP) is 5.24. The highest BCUT2D eigenvalue weighted by molar-refractivity contribution is 6.31. The van der Waals surface area contributed by atoms with E-state index in [-0.39, 0.29) is 17.3 Å². The summed E-state index contributed by atoms with van der Waals surface area (Å²) in [6.45, 7) is 5.55. The van der Waals surface area contributed by atoms with Gasteiger partial charge in [0.2, 0.25) is 0 Å². The molecule has 1 fully saturated rings. The van der Waals surface area contributed by atoms with Crippen molar-refractivity contribution in [3.05, 3.63) is 94.5 Å². The molecule has 1 aliphatic carbocycles. The average molecular weight is 523 g/mol. The molecule has 0 amide bonds. The summed E-state index contributed by atoms with van der Waals surface area (Å²) in [5.74, 6) is -0.767. The van der Waals surface area contributed by atoms with Gasteiger partial charge in [0.05, 0.1) is 26.5 Å². The summed E-state index contributed by atoms with van der Waals surface area (Å²) in [4.78, 5) is 43.9. The van der Waals surface area contributed by atoms with Crippen molar-refractivity contribution in [2.45, 2.75) is 38.8 Å². The minimum Gasteiger partial charge on any atom is -0.493 e. The molecule has 1 spiro atoms. The maximum absolute atomic E-state index is 14.8. The zero-order valence-corrected chi connectivity index (χ0v) is 22.6. The topological polar surface area (TPSA) is 85.3 Å². The lowest BCUT2D eigenvalue weighted by molar-refractivity contribution is -0.131. The number of carbonyl (C=O) groups is 3. The van der Waals surface area contributed by atoms with Crippen molar-refractivity contribution >= 4 is 23.6 Å². The highest BCUT2D eigenvalue weighted by Gasteiger charge is 2.73. The highest BCUT2D eigenvalue weighted by atomic mass is 16.5. The zero-order chi connectivity index (χ0) is 27.7. The van der Waals surface area contributed by atoms with Crippen molar-refractivity contribution in [2.75, 3.05) is 14.2 Å². The number of para-hydroxylation sites is 1. The number of hydrogen-bond donors (Lipinski definition) is 0. The average Bonchev–Trinajstić information content (AvgIpc) is 3.37. The molecule has 0 bridgehead atoms. The normalized spacial score (nSPS) is 22.5. The summed E-state index contributed by atoms with van der Waals surface area (Å²) in [6.07, 6.45) is 1.71. The summed E-state index contributed by atoms with van der Waals surface area (Å²) < 4.78 is 11.5. The van der Waals surface area contributed by atoms with Crippen LogP contribution in [0.4, 0.5) is 0 Å². The Morgan fingerprint density at radius 3 is 2.08 bits per heavy atom. The van der Waals surface area contributed by atoms with Crippen molar-refractivity contribution in [1.29, 1.82) is 0 Å². The number of Topliss-reactive ketones (excluding diaryl/α,β-unsaturated/α-hetero) is 3. The number of rotatable bonds is 4. The van der Waals surface area contributed by atoms with E-state index in [9.17, 15) is 14.4 Å². The molecule has 2 heterocycles. The number of fused-ring (bicyclic) bond motifs is 5. The Kier molecular flexibility index (Phi) is 5.54. The number of ether oxygens (including phenoxy) is 2. The van der Waals surface area contributed by atoms with Gasteiger partial charge in [-0.2, -0.15) is 5.10 Å². The number of ketones is 3. The molecule has 7 heteroatoms. The molecule has 2 aliphatic heterocycles. The van der Waals surface area contributed by atoms with Crippen LogP contribution in [0.15, 0.2) is 71.8 Å². The number of methoxy groups -OCH3 is 2. The molecular formula is C32H30N2O5. The van der Waals surface area contributed by atoms with Crippen LogP contribution >= 0.6 is 0 Å². The van der Waals surface area contributed by atoms with Crippen LogP contribution in [0.25, 0.3) is 0 Å². The van der Waals surface area contributed by atoms with Crippen LogP contribution in [0.2, 0.25) is 0 Å². The van der Waals surface area contributed by atoms with Crippen LogP contribution in [0.3, 0.4) is 0 Å². The molecule has 0 radical (unpaired) electrons.